The molecule has 2 heterocycles. The summed E-state index contributed by atoms with van der Waals surface area (Å²) < 4.78 is 0.0551. The fourth-order valence-electron chi connectivity index (χ4n) is 1.13. The number of aromatic amines is 1. The maximum Gasteiger partial charge on any atom is 0.269 e. The SMILES string of the molecule is Cc1ccc(-c2nc(O)c(Br)c(=O)[nH]2)s1. The van der Waals surface area contributed by atoms with E-state index < -0.39 is 0 Å². The molecule has 0 aliphatic heterocycles. The molecule has 0 fully saturated rings. The van der Waals surface area contributed by atoms with Crippen LogP contribution in [-0.4, -0.2) is 15.1 Å². The summed E-state index contributed by atoms with van der Waals surface area (Å²) in [6, 6.07) is 3.78. The highest BCUT2D eigenvalue weighted by atomic mass is 79.9. The minimum Gasteiger partial charge on any atom is -0.492 e. The van der Waals surface area contributed by atoms with Gasteiger partial charge in [0.2, 0.25) is 5.88 Å². The van der Waals surface area contributed by atoms with E-state index in [-0.39, 0.29) is 15.9 Å². The second kappa shape index (κ2) is 3.79. The number of halogens is 1. The normalized spacial score (nSPS) is 10.5. The molecule has 0 saturated carbocycles. The van der Waals surface area contributed by atoms with Crippen molar-refractivity contribution in [2.24, 2.45) is 0 Å². The molecule has 0 radical (unpaired) electrons. The third-order valence-corrected chi connectivity index (χ3v) is 3.54. The van der Waals surface area contributed by atoms with Gasteiger partial charge in [-0.3, -0.25) is 4.79 Å². The van der Waals surface area contributed by atoms with E-state index in [0.717, 1.165) is 9.75 Å². The van der Waals surface area contributed by atoms with Gasteiger partial charge < -0.3 is 10.1 Å². The van der Waals surface area contributed by atoms with Crippen LogP contribution in [0.4, 0.5) is 0 Å². The van der Waals surface area contributed by atoms with Crippen molar-refractivity contribution in [2.75, 3.05) is 0 Å². The average molecular weight is 287 g/mol. The van der Waals surface area contributed by atoms with Crippen LogP contribution in [0, 0.1) is 6.92 Å². The number of nitrogens with zero attached hydrogens (tertiary/aromatic N) is 1. The highest BCUT2D eigenvalue weighted by Crippen LogP contribution is 2.26. The zero-order valence-corrected chi connectivity index (χ0v) is 10.1. The van der Waals surface area contributed by atoms with E-state index >= 15 is 0 Å². The Morgan fingerprint density at radius 1 is 1.53 bits per heavy atom. The zero-order valence-electron chi connectivity index (χ0n) is 7.74. The van der Waals surface area contributed by atoms with Crippen molar-refractivity contribution in [3.63, 3.8) is 0 Å². The minimum absolute atomic E-state index is 0.0551. The standard InChI is InChI=1S/C9H7BrN2O2S/c1-4-2-3-5(15-4)7-11-8(13)6(10)9(14)12-7/h2-3H,1H3,(H2,11,12,13,14). The number of H-pyrrole nitrogens is 1. The van der Waals surface area contributed by atoms with Crippen LogP contribution in [0.15, 0.2) is 21.4 Å². The van der Waals surface area contributed by atoms with Gasteiger partial charge in [-0.2, -0.15) is 4.98 Å². The molecule has 4 nitrogen and oxygen atoms in total. The summed E-state index contributed by atoms with van der Waals surface area (Å²) >= 11 is 4.44. The molecule has 0 aliphatic rings. The summed E-state index contributed by atoms with van der Waals surface area (Å²) in [6.45, 7) is 1.96. The first-order valence-corrected chi connectivity index (χ1v) is 5.74. The Morgan fingerprint density at radius 2 is 2.27 bits per heavy atom. The van der Waals surface area contributed by atoms with Crippen LogP contribution in [0.5, 0.6) is 5.88 Å². The Bertz CT molecular complexity index is 561. The fourth-order valence-corrected chi connectivity index (χ4v) is 2.13. The van der Waals surface area contributed by atoms with E-state index in [1.165, 1.54) is 11.3 Å². The molecule has 2 aromatic rings. The Morgan fingerprint density at radius 3 is 2.80 bits per heavy atom. The Balaban J connectivity index is 2.60. The quantitative estimate of drug-likeness (QED) is 0.845. The Hall–Kier alpha value is -1.14. The maximum atomic E-state index is 11.3. The van der Waals surface area contributed by atoms with E-state index in [9.17, 15) is 9.90 Å². The lowest BCUT2D eigenvalue weighted by atomic mass is 10.4. The first-order valence-electron chi connectivity index (χ1n) is 4.13. The van der Waals surface area contributed by atoms with Gasteiger partial charge in [0.05, 0.1) is 4.88 Å². The molecule has 0 unspecified atom stereocenters. The van der Waals surface area contributed by atoms with E-state index in [1.807, 2.05) is 19.1 Å². The topological polar surface area (TPSA) is 66.0 Å². The van der Waals surface area contributed by atoms with Crippen molar-refractivity contribution >= 4 is 27.3 Å². The van der Waals surface area contributed by atoms with Crippen LogP contribution in [0.25, 0.3) is 10.7 Å². The lowest BCUT2D eigenvalue weighted by Gasteiger charge is -1.99. The molecular weight excluding hydrogens is 280 g/mol. The monoisotopic (exact) mass is 286 g/mol. The van der Waals surface area contributed by atoms with Crippen molar-refractivity contribution in [3.05, 3.63) is 31.8 Å². The van der Waals surface area contributed by atoms with Crippen LogP contribution in [0.3, 0.4) is 0 Å². The van der Waals surface area contributed by atoms with Gasteiger partial charge in [0.15, 0.2) is 5.82 Å². The van der Waals surface area contributed by atoms with Crippen molar-refractivity contribution in [3.8, 4) is 16.6 Å². The summed E-state index contributed by atoms with van der Waals surface area (Å²) in [6.07, 6.45) is 0. The number of aromatic hydroxyl groups is 1. The maximum absolute atomic E-state index is 11.3. The highest BCUT2D eigenvalue weighted by Gasteiger charge is 2.09. The molecule has 0 atom stereocenters. The van der Waals surface area contributed by atoms with Crippen molar-refractivity contribution in [2.45, 2.75) is 6.92 Å². The summed E-state index contributed by atoms with van der Waals surface area (Å²) in [5, 5.41) is 9.38. The Kier molecular flexibility index (Phi) is 2.62. The lowest BCUT2D eigenvalue weighted by molar-refractivity contribution is 0.448. The number of hydrogen-bond acceptors (Lipinski definition) is 4. The minimum atomic E-state index is -0.386. The summed E-state index contributed by atoms with van der Waals surface area (Å²) in [7, 11) is 0. The van der Waals surface area contributed by atoms with Gasteiger partial charge >= 0.3 is 0 Å². The number of aromatic nitrogens is 2. The molecule has 2 rings (SSSR count). The molecule has 0 aliphatic carbocycles. The smallest absolute Gasteiger partial charge is 0.269 e. The molecular formula is C9H7BrN2O2S. The van der Waals surface area contributed by atoms with E-state index in [0.29, 0.717) is 5.82 Å². The molecule has 78 valence electrons. The van der Waals surface area contributed by atoms with E-state index in [2.05, 4.69) is 25.9 Å². The number of rotatable bonds is 1. The molecule has 0 bridgehead atoms. The number of aryl methyl sites for hydroxylation is 1. The number of thiophene rings is 1. The van der Waals surface area contributed by atoms with Crippen LogP contribution in [0.2, 0.25) is 0 Å². The predicted molar refractivity (Wildman–Crippen MR) is 62.3 cm³/mol. The highest BCUT2D eigenvalue weighted by molar-refractivity contribution is 9.10. The van der Waals surface area contributed by atoms with Gasteiger partial charge in [-0.25, -0.2) is 0 Å². The number of nitrogens with one attached hydrogen (secondary N) is 1. The van der Waals surface area contributed by atoms with Gasteiger partial charge in [-0.1, -0.05) is 0 Å². The van der Waals surface area contributed by atoms with Crippen molar-refractivity contribution < 1.29 is 5.11 Å². The fraction of sp³-hybridized carbons (Fsp3) is 0.111. The number of hydrogen-bond donors (Lipinski definition) is 2. The largest absolute Gasteiger partial charge is 0.492 e. The average Bonchev–Trinajstić information content (AvgIpc) is 2.60. The predicted octanol–water partition coefficient (Wildman–Crippen LogP) is 2.27. The third-order valence-electron chi connectivity index (χ3n) is 1.82. The molecule has 0 amide bonds. The molecule has 2 N–H and O–H groups in total. The first kappa shape index (κ1) is 10.4. The van der Waals surface area contributed by atoms with Gasteiger partial charge in [0, 0.05) is 4.88 Å². The van der Waals surface area contributed by atoms with Gasteiger partial charge in [-0.05, 0) is 35.0 Å². The lowest BCUT2D eigenvalue weighted by Crippen LogP contribution is -2.09. The van der Waals surface area contributed by atoms with Gasteiger partial charge in [-0.15, -0.1) is 11.3 Å². The zero-order chi connectivity index (χ0) is 11.0. The Labute approximate surface area is 97.8 Å². The summed E-state index contributed by atoms with van der Waals surface area (Å²) in [5.74, 6) is 0.0959. The molecule has 0 spiro atoms. The van der Waals surface area contributed by atoms with Gasteiger partial charge in [0.1, 0.15) is 4.47 Å². The second-order valence-electron chi connectivity index (χ2n) is 2.96. The van der Waals surface area contributed by atoms with Crippen molar-refractivity contribution in [1.29, 1.82) is 0 Å². The molecule has 0 aromatic carbocycles. The third kappa shape index (κ3) is 1.95. The van der Waals surface area contributed by atoms with Crippen LogP contribution < -0.4 is 5.56 Å². The van der Waals surface area contributed by atoms with E-state index in [4.69, 9.17) is 0 Å². The summed E-state index contributed by atoms with van der Waals surface area (Å²) in [5.41, 5.74) is -0.386. The molecule has 0 saturated heterocycles. The van der Waals surface area contributed by atoms with Crippen LogP contribution in [-0.2, 0) is 0 Å². The van der Waals surface area contributed by atoms with Crippen molar-refractivity contribution in [1.82, 2.24) is 9.97 Å². The second-order valence-corrected chi connectivity index (χ2v) is 5.04. The van der Waals surface area contributed by atoms with E-state index in [1.54, 1.807) is 0 Å². The first-order chi connectivity index (χ1) is 7.08. The molecule has 2 aromatic heterocycles. The molecule has 15 heavy (non-hydrogen) atoms. The van der Waals surface area contributed by atoms with Crippen LogP contribution in [0.1, 0.15) is 4.88 Å². The molecule has 6 heteroatoms. The van der Waals surface area contributed by atoms with Crippen LogP contribution >= 0.6 is 27.3 Å². The summed E-state index contributed by atoms with van der Waals surface area (Å²) in [4.78, 5) is 19.8. The van der Waals surface area contributed by atoms with Gasteiger partial charge in [0.25, 0.3) is 5.56 Å².